The van der Waals surface area contributed by atoms with Gasteiger partial charge in [-0.2, -0.15) is 0 Å². The smallest absolute Gasteiger partial charge is 0.306 e. The highest BCUT2D eigenvalue weighted by atomic mass is 16.5. The lowest BCUT2D eigenvalue weighted by molar-refractivity contribution is -0.151. The molecule has 0 spiro atoms. The molecule has 6 nitrogen and oxygen atoms in total. The zero-order valence-corrected chi connectivity index (χ0v) is 37.4. The highest BCUT2D eigenvalue weighted by Gasteiger charge is 2.24. The first kappa shape index (κ1) is 54.8. The van der Waals surface area contributed by atoms with Crippen LogP contribution in [-0.4, -0.2) is 46.9 Å². The van der Waals surface area contributed by atoms with Crippen LogP contribution in [0, 0.1) is 0 Å². The molecule has 3 atom stereocenters. The second-order valence-electron chi connectivity index (χ2n) is 15.6. The lowest BCUT2D eigenvalue weighted by atomic mass is 10.0. The van der Waals surface area contributed by atoms with Crippen LogP contribution in [0.5, 0.6) is 0 Å². The van der Waals surface area contributed by atoms with Crippen molar-refractivity contribution >= 4 is 11.9 Å². The minimum Gasteiger partial charge on any atom is -0.462 e. The van der Waals surface area contributed by atoms with E-state index in [1.54, 1.807) is 0 Å². The van der Waals surface area contributed by atoms with Crippen LogP contribution in [0.15, 0.2) is 97.2 Å². The van der Waals surface area contributed by atoms with E-state index < -0.39 is 18.2 Å². The standard InChI is InChI=1S/C52H87NO5/c1-4-7-10-13-16-19-22-24-25-27-30-33-36-39-42-45-52(57)58-48(43-40-37-34-31-28-21-18-15-12-9-6-3)46-51(56)53-49(47-54)50(55)44-41-38-35-32-29-26-23-20-17-14-11-8-5-2/h7,9-10,12-13,15-16,18-19,21-22,24-25,28,31,34,48-50,54-55H,4-6,8,11,14,17,20,23,26-27,29-30,32-33,35-47H2,1-3H3,(H,53,56)/b10-7+,12-9+,16-13+,18-15+,22-19+,25-24-,28-21-,34-31-. The Morgan fingerprint density at radius 1 is 0.517 bits per heavy atom. The molecule has 3 N–H and O–H groups in total. The SMILES string of the molecule is CC/C=C/C=C/C=C\C=C/CCCC(CC(=O)NC(CO)C(O)CCCCCCCCCCCCCCC)OC(=O)CCCCCCC\C=C/C=C/C=C/C=C/CC. The number of aliphatic hydroxyl groups excluding tert-OH is 2. The zero-order chi connectivity index (χ0) is 42.4. The second-order valence-corrected chi connectivity index (χ2v) is 15.6. The van der Waals surface area contributed by atoms with E-state index in [0.717, 1.165) is 83.5 Å². The molecule has 0 fully saturated rings. The molecule has 0 aliphatic carbocycles. The van der Waals surface area contributed by atoms with Crippen LogP contribution < -0.4 is 5.32 Å². The van der Waals surface area contributed by atoms with Crippen molar-refractivity contribution < 1.29 is 24.5 Å². The summed E-state index contributed by atoms with van der Waals surface area (Å²) in [7, 11) is 0. The number of ether oxygens (including phenoxy) is 1. The molecule has 0 rings (SSSR count). The minimum absolute atomic E-state index is 0.0162. The Balaban J connectivity index is 4.69. The summed E-state index contributed by atoms with van der Waals surface area (Å²) in [4.78, 5) is 26.0. The van der Waals surface area contributed by atoms with Crippen molar-refractivity contribution in [1.82, 2.24) is 5.32 Å². The summed E-state index contributed by atoms with van der Waals surface area (Å²) in [6.07, 6.45) is 59.0. The monoisotopic (exact) mass is 806 g/mol. The first-order valence-corrected chi connectivity index (χ1v) is 23.6. The Kier molecular flexibility index (Phi) is 42.4. The van der Waals surface area contributed by atoms with Crippen molar-refractivity contribution in [2.75, 3.05) is 6.61 Å². The van der Waals surface area contributed by atoms with E-state index in [1.165, 1.54) is 64.2 Å². The third-order valence-electron chi connectivity index (χ3n) is 10.1. The van der Waals surface area contributed by atoms with Gasteiger partial charge in [0.05, 0.1) is 25.2 Å². The molecule has 0 saturated carbocycles. The summed E-state index contributed by atoms with van der Waals surface area (Å²) in [5, 5.41) is 23.7. The molecular formula is C52H87NO5. The topological polar surface area (TPSA) is 95.9 Å². The molecule has 58 heavy (non-hydrogen) atoms. The van der Waals surface area contributed by atoms with Gasteiger partial charge in [0.25, 0.3) is 0 Å². The number of carbonyl (C=O) groups excluding carboxylic acids is 2. The van der Waals surface area contributed by atoms with Crippen molar-refractivity contribution in [2.24, 2.45) is 0 Å². The van der Waals surface area contributed by atoms with Crippen molar-refractivity contribution in [3.63, 3.8) is 0 Å². The number of allylic oxidation sites excluding steroid dienone is 16. The van der Waals surface area contributed by atoms with Gasteiger partial charge in [-0.25, -0.2) is 0 Å². The summed E-state index contributed by atoms with van der Waals surface area (Å²) >= 11 is 0. The Labute approximate surface area is 356 Å². The number of nitrogens with one attached hydrogen (secondary N) is 1. The van der Waals surface area contributed by atoms with Crippen LogP contribution in [-0.2, 0) is 14.3 Å². The number of carbonyl (C=O) groups is 2. The van der Waals surface area contributed by atoms with Crippen molar-refractivity contribution in [1.29, 1.82) is 0 Å². The average Bonchev–Trinajstić information content (AvgIpc) is 3.22. The summed E-state index contributed by atoms with van der Waals surface area (Å²) in [5.74, 6) is -0.580. The van der Waals surface area contributed by atoms with Crippen LogP contribution in [0.3, 0.4) is 0 Å². The van der Waals surface area contributed by atoms with Gasteiger partial charge in [0.1, 0.15) is 6.10 Å². The van der Waals surface area contributed by atoms with Gasteiger partial charge >= 0.3 is 5.97 Å². The summed E-state index contributed by atoms with van der Waals surface area (Å²) in [6.45, 7) is 6.15. The fraction of sp³-hybridized carbons (Fsp3) is 0.654. The molecule has 0 aromatic carbocycles. The Bertz CT molecular complexity index is 1180. The van der Waals surface area contributed by atoms with Crippen LogP contribution >= 0.6 is 0 Å². The Morgan fingerprint density at radius 3 is 1.45 bits per heavy atom. The maximum absolute atomic E-state index is 13.1. The third-order valence-corrected chi connectivity index (χ3v) is 10.1. The van der Waals surface area contributed by atoms with Crippen LogP contribution in [0.4, 0.5) is 0 Å². The molecule has 0 bridgehead atoms. The first-order chi connectivity index (χ1) is 28.5. The fourth-order valence-corrected chi connectivity index (χ4v) is 6.57. The zero-order valence-electron chi connectivity index (χ0n) is 37.4. The lowest BCUT2D eigenvalue weighted by Crippen LogP contribution is -2.46. The predicted octanol–water partition coefficient (Wildman–Crippen LogP) is 13.8. The van der Waals surface area contributed by atoms with E-state index >= 15 is 0 Å². The lowest BCUT2D eigenvalue weighted by Gasteiger charge is -2.24. The van der Waals surface area contributed by atoms with Gasteiger partial charge in [0, 0.05) is 6.42 Å². The average molecular weight is 806 g/mol. The van der Waals surface area contributed by atoms with Gasteiger partial charge in [-0.05, 0) is 57.8 Å². The second kappa shape index (κ2) is 44.9. The predicted molar refractivity (Wildman–Crippen MR) is 250 cm³/mol. The van der Waals surface area contributed by atoms with Gasteiger partial charge in [-0.1, -0.05) is 221 Å². The first-order valence-electron chi connectivity index (χ1n) is 23.6. The molecule has 330 valence electrons. The molecule has 0 aliphatic rings. The highest BCUT2D eigenvalue weighted by Crippen LogP contribution is 2.16. The largest absolute Gasteiger partial charge is 0.462 e. The van der Waals surface area contributed by atoms with Crippen molar-refractivity contribution in [3.8, 4) is 0 Å². The van der Waals surface area contributed by atoms with E-state index in [0.29, 0.717) is 19.3 Å². The van der Waals surface area contributed by atoms with E-state index in [9.17, 15) is 19.8 Å². The quantitative estimate of drug-likeness (QED) is 0.0326. The molecule has 3 unspecified atom stereocenters. The molecule has 6 heteroatoms. The maximum Gasteiger partial charge on any atom is 0.306 e. The molecular weight excluding hydrogens is 719 g/mol. The van der Waals surface area contributed by atoms with Gasteiger partial charge < -0.3 is 20.3 Å². The number of amides is 1. The molecule has 0 saturated heterocycles. The third kappa shape index (κ3) is 39.6. The normalized spacial score (nSPS) is 14.2. The number of hydrogen-bond donors (Lipinski definition) is 3. The van der Waals surface area contributed by atoms with Crippen molar-refractivity contribution in [3.05, 3.63) is 97.2 Å². The number of rotatable bonds is 40. The Hall–Kier alpha value is -3.22. The molecule has 1 amide bonds. The van der Waals surface area contributed by atoms with E-state index in [2.05, 4.69) is 68.6 Å². The number of unbranched alkanes of at least 4 members (excludes halogenated alkanes) is 18. The van der Waals surface area contributed by atoms with Gasteiger partial charge in [0.15, 0.2) is 0 Å². The van der Waals surface area contributed by atoms with E-state index in [-0.39, 0.29) is 24.9 Å². The van der Waals surface area contributed by atoms with Crippen LogP contribution in [0.25, 0.3) is 0 Å². The van der Waals surface area contributed by atoms with E-state index in [4.69, 9.17) is 4.74 Å². The van der Waals surface area contributed by atoms with Crippen molar-refractivity contribution in [2.45, 2.75) is 212 Å². The molecule has 0 aromatic rings. The summed E-state index contributed by atoms with van der Waals surface area (Å²) < 4.78 is 5.86. The van der Waals surface area contributed by atoms with Gasteiger partial charge in [-0.3, -0.25) is 9.59 Å². The molecule has 0 aliphatic heterocycles. The summed E-state index contributed by atoms with van der Waals surface area (Å²) in [5.41, 5.74) is 0. The maximum atomic E-state index is 13.1. The highest BCUT2D eigenvalue weighted by molar-refractivity contribution is 5.77. The van der Waals surface area contributed by atoms with Gasteiger partial charge in [-0.15, -0.1) is 0 Å². The van der Waals surface area contributed by atoms with Gasteiger partial charge in [0.2, 0.25) is 5.91 Å². The molecule has 0 aromatic heterocycles. The molecule has 0 heterocycles. The van der Waals surface area contributed by atoms with Crippen LogP contribution in [0.1, 0.15) is 194 Å². The Morgan fingerprint density at radius 2 is 0.948 bits per heavy atom. The van der Waals surface area contributed by atoms with Crippen LogP contribution in [0.2, 0.25) is 0 Å². The number of esters is 1. The summed E-state index contributed by atoms with van der Waals surface area (Å²) in [6, 6.07) is -0.732. The number of hydrogen-bond acceptors (Lipinski definition) is 5. The number of aliphatic hydroxyl groups is 2. The fourth-order valence-electron chi connectivity index (χ4n) is 6.57. The molecule has 0 radical (unpaired) electrons. The minimum atomic E-state index is -0.813. The van der Waals surface area contributed by atoms with E-state index in [1.807, 2.05) is 54.7 Å².